The van der Waals surface area contributed by atoms with E-state index in [4.69, 9.17) is 10.00 Å². The summed E-state index contributed by atoms with van der Waals surface area (Å²) < 4.78 is 7.76. The highest BCUT2D eigenvalue weighted by molar-refractivity contribution is 5.90. The van der Waals surface area contributed by atoms with E-state index >= 15 is 0 Å². The van der Waals surface area contributed by atoms with Crippen LogP contribution in [0, 0.1) is 18.3 Å². The number of anilines is 1. The lowest BCUT2D eigenvalue weighted by molar-refractivity contribution is -0.00701. The Balaban J connectivity index is 1.70. The van der Waals surface area contributed by atoms with Gasteiger partial charge in [-0.3, -0.25) is 4.68 Å². The molecule has 0 radical (unpaired) electrons. The van der Waals surface area contributed by atoms with E-state index in [-0.39, 0.29) is 18.2 Å². The van der Waals surface area contributed by atoms with Crippen molar-refractivity contribution in [1.82, 2.24) is 15.1 Å². The zero-order valence-electron chi connectivity index (χ0n) is 15.0. The molecule has 1 aliphatic rings. The molecular weight excluding hydrogens is 330 g/mol. The quantitative estimate of drug-likeness (QED) is 0.883. The van der Waals surface area contributed by atoms with Crippen LogP contribution in [0.1, 0.15) is 42.6 Å². The number of nitriles is 1. The van der Waals surface area contributed by atoms with Crippen molar-refractivity contribution >= 4 is 11.7 Å². The molecule has 0 bridgehead atoms. The highest BCUT2D eigenvalue weighted by atomic mass is 16.5. The lowest BCUT2D eigenvalue weighted by Crippen LogP contribution is -2.44. The number of rotatable bonds is 4. The first-order valence-electron chi connectivity index (χ1n) is 8.83. The summed E-state index contributed by atoms with van der Waals surface area (Å²) >= 11 is 0. The van der Waals surface area contributed by atoms with Gasteiger partial charge in [-0.2, -0.15) is 10.4 Å². The second-order valence-corrected chi connectivity index (χ2v) is 6.36. The normalized spacial score (nSPS) is 19.6. The minimum Gasteiger partial charge on any atom is -0.371 e. The van der Waals surface area contributed by atoms with Gasteiger partial charge in [0.1, 0.15) is 6.10 Å². The summed E-state index contributed by atoms with van der Waals surface area (Å²) in [5, 5.41) is 19.3. The molecule has 2 aromatic rings. The van der Waals surface area contributed by atoms with Crippen LogP contribution in [0.5, 0.6) is 0 Å². The molecule has 3 rings (SSSR count). The Morgan fingerprint density at radius 3 is 3.08 bits per heavy atom. The van der Waals surface area contributed by atoms with Crippen LogP contribution in [0.4, 0.5) is 10.5 Å². The number of aryl methyl sites for hydroxylation is 1. The first-order valence-corrected chi connectivity index (χ1v) is 8.83. The SMILES string of the molecule is CCn1cc([C@H]2OCCC[C@@H]2NC(=O)Nc2cccc(C#N)c2C)cn1. The fourth-order valence-corrected chi connectivity index (χ4v) is 3.18. The molecule has 1 aromatic heterocycles. The maximum Gasteiger partial charge on any atom is 0.319 e. The van der Waals surface area contributed by atoms with E-state index in [1.165, 1.54) is 0 Å². The number of amides is 2. The molecular formula is C19H23N5O2. The molecule has 2 amide bonds. The molecule has 0 aliphatic carbocycles. The molecule has 0 saturated carbocycles. The van der Waals surface area contributed by atoms with Crippen LogP contribution in [-0.2, 0) is 11.3 Å². The standard InChI is InChI=1S/C19H23N5O2/c1-3-24-12-15(11-21-24)18-17(8-5-9-26-18)23-19(25)22-16-7-4-6-14(10-20)13(16)2/h4,6-7,11-12,17-18H,3,5,8-9H2,1-2H3,(H2,22,23,25)/t17-,18+/m0/s1. The van der Waals surface area contributed by atoms with Crippen LogP contribution in [-0.4, -0.2) is 28.5 Å². The first-order chi connectivity index (χ1) is 12.6. The van der Waals surface area contributed by atoms with Gasteiger partial charge < -0.3 is 15.4 Å². The topological polar surface area (TPSA) is 92.0 Å². The Hall–Kier alpha value is -2.85. The number of carbonyl (C=O) groups is 1. The van der Waals surface area contributed by atoms with Gasteiger partial charge in [-0.05, 0) is 44.4 Å². The summed E-state index contributed by atoms with van der Waals surface area (Å²) in [6, 6.07) is 6.97. The Morgan fingerprint density at radius 2 is 2.35 bits per heavy atom. The highest BCUT2D eigenvalue weighted by Crippen LogP contribution is 2.28. The minimum absolute atomic E-state index is 0.127. The number of urea groups is 1. The largest absolute Gasteiger partial charge is 0.371 e. The average Bonchev–Trinajstić information content (AvgIpc) is 3.13. The molecule has 26 heavy (non-hydrogen) atoms. The van der Waals surface area contributed by atoms with Crippen molar-refractivity contribution in [2.75, 3.05) is 11.9 Å². The van der Waals surface area contributed by atoms with Crippen LogP contribution in [0.2, 0.25) is 0 Å². The Morgan fingerprint density at radius 1 is 1.50 bits per heavy atom. The van der Waals surface area contributed by atoms with Gasteiger partial charge in [-0.15, -0.1) is 0 Å². The number of benzene rings is 1. The first kappa shape index (κ1) is 18.0. The molecule has 2 N–H and O–H groups in total. The third kappa shape index (κ3) is 3.86. The van der Waals surface area contributed by atoms with Gasteiger partial charge in [0, 0.05) is 30.6 Å². The summed E-state index contributed by atoms with van der Waals surface area (Å²) in [6.07, 6.45) is 5.29. The van der Waals surface area contributed by atoms with Crippen LogP contribution in [0.3, 0.4) is 0 Å². The van der Waals surface area contributed by atoms with Crippen molar-refractivity contribution in [2.45, 2.75) is 45.4 Å². The van der Waals surface area contributed by atoms with Gasteiger partial charge in [0.25, 0.3) is 0 Å². The monoisotopic (exact) mass is 353 g/mol. The molecule has 136 valence electrons. The zero-order valence-corrected chi connectivity index (χ0v) is 15.0. The average molecular weight is 353 g/mol. The number of hydrogen-bond acceptors (Lipinski definition) is 4. The maximum absolute atomic E-state index is 12.5. The fourth-order valence-electron chi connectivity index (χ4n) is 3.18. The van der Waals surface area contributed by atoms with Crippen LogP contribution < -0.4 is 10.6 Å². The van der Waals surface area contributed by atoms with Crippen molar-refractivity contribution in [3.8, 4) is 6.07 Å². The molecule has 1 fully saturated rings. The smallest absolute Gasteiger partial charge is 0.319 e. The highest BCUT2D eigenvalue weighted by Gasteiger charge is 2.30. The van der Waals surface area contributed by atoms with Crippen LogP contribution in [0.15, 0.2) is 30.6 Å². The Kier molecular flexibility index (Phi) is 5.54. The summed E-state index contributed by atoms with van der Waals surface area (Å²) in [5.74, 6) is 0. The zero-order chi connectivity index (χ0) is 18.5. The second kappa shape index (κ2) is 8.02. The van der Waals surface area contributed by atoms with E-state index in [9.17, 15) is 4.79 Å². The second-order valence-electron chi connectivity index (χ2n) is 6.36. The molecule has 7 nitrogen and oxygen atoms in total. The van der Waals surface area contributed by atoms with E-state index in [0.717, 1.165) is 30.5 Å². The van der Waals surface area contributed by atoms with E-state index < -0.39 is 0 Å². The number of nitrogens with one attached hydrogen (secondary N) is 2. The third-order valence-corrected chi connectivity index (χ3v) is 4.65. The summed E-state index contributed by atoms with van der Waals surface area (Å²) in [4.78, 5) is 12.5. The van der Waals surface area contributed by atoms with Gasteiger partial charge in [0.05, 0.1) is 23.9 Å². The van der Waals surface area contributed by atoms with Gasteiger partial charge in [-0.1, -0.05) is 6.07 Å². The summed E-state index contributed by atoms with van der Waals surface area (Å²) in [6.45, 7) is 5.31. The number of carbonyl (C=O) groups excluding carboxylic acids is 1. The van der Waals surface area contributed by atoms with E-state index in [0.29, 0.717) is 17.9 Å². The molecule has 0 spiro atoms. The van der Waals surface area contributed by atoms with Gasteiger partial charge in [0.2, 0.25) is 0 Å². The van der Waals surface area contributed by atoms with Crippen molar-refractivity contribution in [3.05, 3.63) is 47.3 Å². The molecule has 2 atom stereocenters. The number of hydrogen-bond donors (Lipinski definition) is 2. The number of aromatic nitrogens is 2. The van der Waals surface area contributed by atoms with E-state index in [1.807, 2.05) is 24.7 Å². The van der Waals surface area contributed by atoms with Crippen molar-refractivity contribution in [1.29, 1.82) is 5.26 Å². The molecule has 7 heteroatoms. The molecule has 1 saturated heterocycles. The van der Waals surface area contributed by atoms with Crippen LogP contribution >= 0.6 is 0 Å². The van der Waals surface area contributed by atoms with E-state index in [2.05, 4.69) is 21.8 Å². The van der Waals surface area contributed by atoms with Crippen molar-refractivity contribution in [2.24, 2.45) is 0 Å². The number of nitrogens with zero attached hydrogens (tertiary/aromatic N) is 3. The van der Waals surface area contributed by atoms with E-state index in [1.54, 1.807) is 24.4 Å². The van der Waals surface area contributed by atoms with Crippen LogP contribution in [0.25, 0.3) is 0 Å². The number of ether oxygens (including phenoxy) is 1. The minimum atomic E-state index is -0.299. The van der Waals surface area contributed by atoms with Crippen molar-refractivity contribution in [3.63, 3.8) is 0 Å². The lowest BCUT2D eigenvalue weighted by Gasteiger charge is -2.31. The van der Waals surface area contributed by atoms with Crippen molar-refractivity contribution < 1.29 is 9.53 Å². The fraction of sp³-hybridized carbons (Fsp3) is 0.421. The molecule has 1 aliphatic heterocycles. The van der Waals surface area contributed by atoms with Gasteiger partial charge >= 0.3 is 6.03 Å². The Bertz CT molecular complexity index is 824. The predicted molar refractivity (Wildman–Crippen MR) is 97.7 cm³/mol. The molecule has 2 heterocycles. The Labute approximate surface area is 153 Å². The van der Waals surface area contributed by atoms with Gasteiger partial charge in [0.15, 0.2) is 0 Å². The predicted octanol–water partition coefficient (Wildman–Crippen LogP) is 3.12. The maximum atomic E-state index is 12.5. The molecule has 1 aromatic carbocycles. The summed E-state index contributed by atoms with van der Waals surface area (Å²) in [5.41, 5.74) is 2.91. The molecule has 0 unspecified atom stereocenters. The third-order valence-electron chi connectivity index (χ3n) is 4.65. The lowest BCUT2D eigenvalue weighted by atomic mass is 9.98. The summed E-state index contributed by atoms with van der Waals surface area (Å²) in [7, 11) is 0. The van der Waals surface area contributed by atoms with Gasteiger partial charge in [-0.25, -0.2) is 4.79 Å².